The third-order valence-electron chi connectivity index (χ3n) is 5.05. The highest BCUT2D eigenvalue weighted by Gasteiger charge is 2.35. The number of nitrogens with zero attached hydrogens (tertiary/aromatic N) is 1. The van der Waals surface area contributed by atoms with E-state index in [1.54, 1.807) is 12.0 Å². The van der Waals surface area contributed by atoms with Crippen molar-refractivity contribution in [3.05, 3.63) is 22.2 Å². The Morgan fingerprint density at radius 3 is 2.76 bits per heavy atom. The summed E-state index contributed by atoms with van der Waals surface area (Å²) >= 11 is 6.20. The zero-order valence-electron chi connectivity index (χ0n) is 17.2. The van der Waals surface area contributed by atoms with Gasteiger partial charge in [-0.05, 0) is 33.3 Å². The number of halogens is 1. The molecule has 3 N–H and O–H groups in total. The number of carbonyl (C=O) groups excluding carboxylic acids is 2. The van der Waals surface area contributed by atoms with Crippen LogP contribution in [0, 0.1) is 0 Å². The molecule has 2 atom stereocenters. The van der Waals surface area contributed by atoms with Crippen LogP contribution in [0.2, 0.25) is 5.02 Å². The van der Waals surface area contributed by atoms with Crippen LogP contribution in [-0.2, 0) is 15.9 Å². The molecule has 2 aliphatic rings. The minimum atomic E-state index is -0.570. The molecule has 1 aromatic carbocycles. The number of nitrogens with two attached hydrogens (primary N) is 1. The molecule has 1 fully saturated rings. The van der Waals surface area contributed by atoms with Crippen molar-refractivity contribution in [3.63, 3.8) is 0 Å². The molecule has 0 aliphatic carbocycles. The fourth-order valence-electron chi connectivity index (χ4n) is 3.59. The highest BCUT2D eigenvalue weighted by molar-refractivity contribution is 6.33. The molecule has 8 nitrogen and oxygen atoms in total. The lowest BCUT2D eigenvalue weighted by Crippen LogP contribution is -2.56. The van der Waals surface area contributed by atoms with E-state index in [2.05, 4.69) is 5.32 Å². The average molecular weight is 426 g/mol. The molecule has 0 saturated carbocycles. The Hall–Kier alpha value is -2.19. The number of likely N-dealkylation sites (tertiary alicyclic amines) is 1. The van der Waals surface area contributed by atoms with Crippen molar-refractivity contribution in [3.8, 4) is 5.75 Å². The van der Waals surface area contributed by atoms with Crippen LogP contribution in [0.3, 0.4) is 0 Å². The smallest absolute Gasteiger partial charge is 0.410 e. The van der Waals surface area contributed by atoms with Crippen LogP contribution < -0.4 is 15.8 Å². The number of nitrogens with one attached hydrogen (secondary N) is 1. The topological polar surface area (TPSA) is 103 Å². The summed E-state index contributed by atoms with van der Waals surface area (Å²) in [7, 11) is 1.56. The van der Waals surface area contributed by atoms with Crippen molar-refractivity contribution in [1.29, 1.82) is 0 Å². The first-order valence-electron chi connectivity index (χ1n) is 9.66. The van der Waals surface area contributed by atoms with Crippen molar-refractivity contribution < 1.29 is 23.8 Å². The van der Waals surface area contributed by atoms with E-state index >= 15 is 0 Å². The summed E-state index contributed by atoms with van der Waals surface area (Å²) in [5.74, 6) is 0.187. The number of anilines is 1. The van der Waals surface area contributed by atoms with Gasteiger partial charge in [-0.15, -0.1) is 0 Å². The van der Waals surface area contributed by atoms with Gasteiger partial charge in [0.1, 0.15) is 11.4 Å². The Morgan fingerprint density at radius 1 is 1.38 bits per heavy atom. The van der Waals surface area contributed by atoms with Gasteiger partial charge in [-0.2, -0.15) is 0 Å². The normalized spacial score (nSPS) is 21.3. The number of fused-ring (bicyclic) bond motifs is 1. The van der Waals surface area contributed by atoms with Crippen LogP contribution in [0.5, 0.6) is 5.75 Å². The van der Waals surface area contributed by atoms with E-state index in [0.29, 0.717) is 54.6 Å². The summed E-state index contributed by atoms with van der Waals surface area (Å²) in [6.07, 6.45) is 0.408. The summed E-state index contributed by atoms with van der Waals surface area (Å²) in [4.78, 5) is 26.9. The number of carbonyl (C=O) groups is 2. The Kier molecular flexibility index (Phi) is 6.14. The van der Waals surface area contributed by atoms with Gasteiger partial charge < -0.3 is 30.2 Å². The van der Waals surface area contributed by atoms with E-state index in [4.69, 9.17) is 31.5 Å². The molecule has 1 aromatic rings. The highest BCUT2D eigenvalue weighted by Crippen LogP contribution is 2.38. The molecule has 1 saturated heterocycles. The minimum Gasteiger partial charge on any atom is -0.492 e. The molecule has 2 aliphatic heterocycles. The van der Waals surface area contributed by atoms with E-state index in [1.807, 2.05) is 20.8 Å². The van der Waals surface area contributed by atoms with E-state index in [0.717, 1.165) is 5.56 Å². The van der Waals surface area contributed by atoms with Crippen LogP contribution in [0.15, 0.2) is 6.07 Å². The quantitative estimate of drug-likeness (QED) is 0.721. The second kappa shape index (κ2) is 8.28. The lowest BCUT2D eigenvalue weighted by atomic mass is 10.00. The maximum atomic E-state index is 12.9. The lowest BCUT2D eigenvalue weighted by Gasteiger charge is -2.38. The molecule has 0 spiro atoms. The van der Waals surface area contributed by atoms with E-state index in [1.165, 1.54) is 6.07 Å². The molecular weight excluding hydrogens is 398 g/mol. The monoisotopic (exact) mass is 425 g/mol. The number of amides is 2. The van der Waals surface area contributed by atoms with E-state index in [-0.39, 0.29) is 24.1 Å². The Labute approximate surface area is 175 Å². The van der Waals surface area contributed by atoms with Crippen LogP contribution in [-0.4, -0.2) is 61.5 Å². The molecule has 29 heavy (non-hydrogen) atoms. The zero-order valence-corrected chi connectivity index (χ0v) is 18.0. The third kappa shape index (κ3) is 4.70. The van der Waals surface area contributed by atoms with E-state index < -0.39 is 5.60 Å². The predicted octanol–water partition coefficient (Wildman–Crippen LogP) is 2.61. The van der Waals surface area contributed by atoms with Crippen LogP contribution in [0.4, 0.5) is 10.5 Å². The standard InChI is InChI=1S/C20H28ClN3O5/c1-20(2,3)29-19(26)24-7-5-14(15(10-24)27-4)23-18(25)12-9-13(21)16(22)11-6-8-28-17(11)12/h9,14-15H,5-8,10,22H2,1-4H3,(H,23,25)/t14-,15+/m1/s1. The van der Waals surface area contributed by atoms with Gasteiger partial charge in [0.25, 0.3) is 5.91 Å². The molecule has 2 amide bonds. The van der Waals surface area contributed by atoms with Gasteiger partial charge in [0.05, 0.1) is 41.6 Å². The maximum absolute atomic E-state index is 12.9. The Balaban J connectivity index is 1.70. The predicted molar refractivity (Wildman–Crippen MR) is 110 cm³/mol. The van der Waals surface area contributed by atoms with Gasteiger partial charge in [0.15, 0.2) is 0 Å². The second-order valence-corrected chi connectivity index (χ2v) is 8.70. The fraction of sp³-hybridized carbons (Fsp3) is 0.600. The summed E-state index contributed by atoms with van der Waals surface area (Å²) in [5, 5.41) is 3.33. The van der Waals surface area contributed by atoms with Gasteiger partial charge in [0.2, 0.25) is 0 Å². The molecule has 9 heteroatoms. The molecule has 0 bridgehead atoms. The van der Waals surface area contributed by atoms with Crippen LogP contribution >= 0.6 is 11.6 Å². The van der Waals surface area contributed by atoms with Gasteiger partial charge in [0, 0.05) is 25.6 Å². The number of methoxy groups -OCH3 is 1. The van der Waals surface area contributed by atoms with Crippen LogP contribution in [0.25, 0.3) is 0 Å². The number of piperidine rings is 1. The first kappa shape index (κ1) is 21.5. The molecule has 0 aromatic heterocycles. The lowest BCUT2D eigenvalue weighted by molar-refractivity contribution is -0.0172. The fourth-order valence-corrected chi connectivity index (χ4v) is 3.82. The zero-order chi connectivity index (χ0) is 21.3. The number of hydrogen-bond donors (Lipinski definition) is 2. The molecule has 160 valence electrons. The van der Waals surface area contributed by atoms with Gasteiger partial charge in [-0.3, -0.25) is 4.79 Å². The SMILES string of the molecule is CO[C@H]1CN(C(=O)OC(C)(C)C)CC[C@H]1NC(=O)c1cc(Cl)c(N)c2c1OCC2. The number of ether oxygens (including phenoxy) is 3. The van der Waals surface area contributed by atoms with Crippen molar-refractivity contribution in [2.45, 2.75) is 51.4 Å². The minimum absolute atomic E-state index is 0.264. The maximum Gasteiger partial charge on any atom is 0.410 e. The molecule has 0 unspecified atom stereocenters. The summed E-state index contributed by atoms with van der Waals surface area (Å²) in [5.41, 5.74) is 7.02. The number of benzene rings is 1. The van der Waals surface area contributed by atoms with Gasteiger partial charge >= 0.3 is 6.09 Å². The Bertz CT molecular complexity index is 808. The molecule has 2 heterocycles. The van der Waals surface area contributed by atoms with Crippen molar-refractivity contribution in [2.24, 2.45) is 0 Å². The summed E-state index contributed by atoms with van der Waals surface area (Å²) in [6, 6.07) is 1.27. The Morgan fingerprint density at radius 2 is 2.10 bits per heavy atom. The van der Waals surface area contributed by atoms with E-state index in [9.17, 15) is 9.59 Å². The highest BCUT2D eigenvalue weighted by atomic mass is 35.5. The summed E-state index contributed by atoms with van der Waals surface area (Å²) < 4.78 is 16.6. The largest absolute Gasteiger partial charge is 0.492 e. The van der Waals surface area contributed by atoms with Gasteiger partial charge in [-0.1, -0.05) is 11.6 Å². The number of rotatable bonds is 3. The first-order valence-corrected chi connectivity index (χ1v) is 10.0. The number of hydrogen-bond acceptors (Lipinski definition) is 6. The molecular formula is C20H28ClN3O5. The van der Waals surface area contributed by atoms with Crippen molar-refractivity contribution in [1.82, 2.24) is 10.2 Å². The summed E-state index contributed by atoms with van der Waals surface area (Å²) in [6.45, 7) is 6.72. The molecule has 3 rings (SSSR count). The third-order valence-corrected chi connectivity index (χ3v) is 5.36. The van der Waals surface area contributed by atoms with Crippen molar-refractivity contribution >= 4 is 29.3 Å². The molecule has 0 radical (unpaired) electrons. The van der Waals surface area contributed by atoms with Gasteiger partial charge in [-0.25, -0.2) is 4.79 Å². The average Bonchev–Trinajstić information content (AvgIpc) is 3.13. The van der Waals surface area contributed by atoms with Crippen LogP contribution in [0.1, 0.15) is 43.1 Å². The first-order chi connectivity index (χ1) is 13.6. The number of nitrogen functional groups attached to an aromatic ring is 1. The van der Waals surface area contributed by atoms with Crippen molar-refractivity contribution in [2.75, 3.05) is 32.5 Å². The second-order valence-electron chi connectivity index (χ2n) is 8.29.